The number of fused-ring (bicyclic) bond motifs is 1. The molecule has 2 unspecified atom stereocenters. The van der Waals surface area contributed by atoms with Crippen LogP contribution in [-0.2, 0) is 35.5 Å². The van der Waals surface area contributed by atoms with Gasteiger partial charge < -0.3 is 19.9 Å². The molecule has 0 aromatic heterocycles. The minimum atomic E-state index is -0.789. The molecule has 10 heteroatoms. The number of amides is 4. The second kappa shape index (κ2) is 14.7. The highest BCUT2D eigenvalue weighted by molar-refractivity contribution is 6.30. The van der Waals surface area contributed by atoms with Crippen LogP contribution in [0.15, 0.2) is 109 Å². The molecule has 2 aliphatic heterocycles. The van der Waals surface area contributed by atoms with E-state index in [0.717, 1.165) is 22.3 Å². The van der Waals surface area contributed by atoms with Crippen LogP contribution in [0.2, 0.25) is 5.02 Å². The number of methoxy groups -OCH3 is 1. The number of halogens is 1. The summed E-state index contributed by atoms with van der Waals surface area (Å²) in [5, 5.41) is 7.18. The van der Waals surface area contributed by atoms with E-state index in [-0.39, 0.29) is 30.9 Å². The van der Waals surface area contributed by atoms with Crippen LogP contribution in [0, 0.1) is 0 Å². The van der Waals surface area contributed by atoms with E-state index in [9.17, 15) is 14.4 Å². The molecule has 0 aliphatic carbocycles. The molecule has 6 rings (SSSR count). The van der Waals surface area contributed by atoms with Crippen molar-refractivity contribution in [3.63, 3.8) is 0 Å². The van der Waals surface area contributed by atoms with Gasteiger partial charge in [-0.05, 0) is 52.9 Å². The van der Waals surface area contributed by atoms with Gasteiger partial charge in [0.1, 0.15) is 18.0 Å². The fourth-order valence-electron chi connectivity index (χ4n) is 6.28. The van der Waals surface area contributed by atoms with Crippen molar-refractivity contribution >= 4 is 29.4 Å². The van der Waals surface area contributed by atoms with Gasteiger partial charge in [0.25, 0.3) is 0 Å². The van der Waals surface area contributed by atoms with Crippen LogP contribution >= 0.6 is 11.6 Å². The fraction of sp³-hybridized carbons (Fsp3) is 0.270. The molecule has 9 nitrogen and oxygen atoms in total. The predicted molar refractivity (Wildman–Crippen MR) is 180 cm³/mol. The van der Waals surface area contributed by atoms with E-state index in [1.807, 2.05) is 109 Å². The third kappa shape index (κ3) is 7.59. The topological polar surface area (TPSA) is 85.4 Å². The number of urea groups is 1. The highest BCUT2D eigenvalue weighted by atomic mass is 35.5. The third-order valence-corrected chi connectivity index (χ3v) is 8.96. The molecule has 4 aromatic carbocycles. The van der Waals surface area contributed by atoms with Crippen LogP contribution in [0.25, 0.3) is 0 Å². The molecule has 0 saturated carbocycles. The minimum absolute atomic E-state index is 0.0404. The minimum Gasteiger partial charge on any atom is -0.497 e. The molecule has 4 amide bonds. The average Bonchev–Trinajstić information content (AvgIpc) is 3.09. The molecule has 2 heterocycles. The largest absolute Gasteiger partial charge is 0.497 e. The van der Waals surface area contributed by atoms with Crippen molar-refractivity contribution in [2.75, 3.05) is 26.7 Å². The lowest BCUT2D eigenvalue weighted by atomic mass is 9.98. The first-order chi connectivity index (χ1) is 22.9. The molecule has 242 valence electrons. The van der Waals surface area contributed by atoms with Crippen LogP contribution in [0.3, 0.4) is 0 Å². The highest BCUT2D eigenvalue weighted by Gasteiger charge is 2.51. The van der Waals surface area contributed by atoms with E-state index >= 15 is 0 Å². The first-order valence-corrected chi connectivity index (χ1v) is 16.1. The average molecular weight is 652 g/mol. The lowest BCUT2D eigenvalue weighted by Crippen LogP contribution is -2.76. The summed E-state index contributed by atoms with van der Waals surface area (Å²) >= 11 is 6.11. The molecule has 1 N–H and O–H groups in total. The number of piperazine rings is 1. The molecule has 2 aliphatic rings. The number of rotatable bonds is 10. The zero-order valence-corrected chi connectivity index (χ0v) is 27.1. The molecule has 2 atom stereocenters. The van der Waals surface area contributed by atoms with Gasteiger partial charge >= 0.3 is 6.03 Å². The van der Waals surface area contributed by atoms with Gasteiger partial charge in [-0.3, -0.25) is 9.59 Å². The Morgan fingerprint density at radius 1 is 0.830 bits per heavy atom. The number of hydrogen-bond acceptors (Lipinski definition) is 5. The van der Waals surface area contributed by atoms with Gasteiger partial charge in [-0.25, -0.2) is 14.8 Å². The number of carbonyl (C=O) groups excluding carboxylic acids is 3. The van der Waals surface area contributed by atoms with E-state index in [4.69, 9.17) is 16.3 Å². The summed E-state index contributed by atoms with van der Waals surface area (Å²) in [5.41, 5.74) is 3.86. The first kappa shape index (κ1) is 32.1. The quantitative estimate of drug-likeness (QED) is 0.257. The van der Waals surface area contributed by atoms with Crippen molar-refractivity contribution in [1.82, 2.24) is 25.1 Å². The molecule has 2 fully saturated rings. The Balaban J connectivity index is 1.33. The molecule has 2 saturated heterocycles. The monoisotopic (exact) mass is 651 g/mol. The highest BCUT2D eigenvalue weighted by Crippen LogP contribution is 2.30. The van der Waals surface area contributed by atoms with Crippen molar-refractivity contribution in [1.29, 1.82) is 0 Å². The van der Waals surface area contributed by atoms with E-state index in [1.54, 1.807) is 26.9 Å². The second-order valence-corrected chi connectivity index (χ2v) is 12.2. The standard InChI is InChI=1S/C37H38ClN5O4/c1-47-32-18-14-28(15-19-32)22-33-36(45)40(21-20-27-12-16-31(38)17-13-27)25-34-42(33)35(44)26-41(24-30-10-6-3-7-11-30)43(34)37(46)39-23-29-8-4-2-5-9-29/h2-19,33-34H,20-26H2,1H3,(H,39,46). The number of nitrogens with one attached hydrogen (secondary N) is 1. The Morgan fingerprint density at radius 2 is 1.47 bits per heavy atom. The smallest absolute Gasteiger partial charge is 0.334 e. The SMILES string of the molecule is COc1ccc(CC2C(=O)N(CCc3ccc(Cl)cc3)CC3N2C(=O)CN(Cc2ccccc2)N3C(=O)NCc2ccccc2)cc1. The van der Waals surface area contributed by atoms with Crippen LogP contribution in [0.1, 0.15) is 22.3 Å². The van der Waals surface area contributed by atoms with Crippen LogP contribution in [0.4, 0.5) is 4.79 Å². The number of nitrogens with zero attached hydrogens (tertiary/aromatic N) is 4. The van der Waals surface area contributed by atoms with E-state index < -0.39 is 12.2 Å². The van der Waals surface area contributed by atoms with Gasteiger partial charge in [-0.15, -0.1) is 0 Å². The van der Waals surface area contributed by atoms with Crippen LogP contribution in [-0.4, -0.2) is 76.6 Å². The Hall–Kier alpha value is -4.86. The van der Waals surface area contributed by atoms with Gasteiger partial charge in [0.15, 0.2) is 0 Å². The second-order valence-electron chi connectivity index (χ2n) is 11.8. The predicted octanol–water partition coefficient (Wildman–Crippen LogP) is 5.14. The zero-order chi connectivity index (χ0) is 32.8. The summed E-state index contributed by atoms with van der Waals surface area (Å²) in [6.07, 6.45) is 0.204. The summed E-state index contributed by atoms with van der Waals surface area (Å²) in [6.45, 7) is 1.25. The fourth-order valence-corrected chi connectivity index (χ4v) is 6.41. The maximum Gasteiger partial charge on any atom is 0.334 e. The van der Waals surface area contributed by atoms with Crippen molar-refractivity contribution in [3.05, 3.63) is 136 Å². The van der Waals surface area contributed by atoms with Crippen molar-refractivity contribution in [2.24, 2.45) is 0 Å². The van der Waals surface area contributed by atoms with Gasteiger partial charge in [0.05, 0.1) is 20.2 Å². The molecule has 0 bridgehead atoms. The summed E-state index contributed by atoms with van der Waals surface area (Å²) in [4.78, 5) is 45.9. The number of ether oxygens (including phenoxy) is 1. The van der Waals surface area contributed by atoms with Gasteiger partial charge in [0, 0.05) is 31.1 Å². The number of hydrazine groups is 1. The molecule has 0 spiro atoms. The Morgan fingerprint density at radius 3 is 2.13 bits per heavy atom. The Labute approximate surface area is 280 Å². The Kier molecular flexibility index (Phi) is 10.0. The molecule has 47 heavy (non-hydrogen) atoms. The lowest BCUT2D eigenvalue weighted by Gasteiger charge is -2.55. The van der Waals surface area contributed by atoms with E-state index in [0.29, 0.717) is 43.2 Å². The summed E-state index contributed by atoms with van der Waals surface area (Å²) in [7, 11) is 1.61. The summed E-state index contributed by atoms with van der Waals surface area (Å²) in [6, 6.07) is 33.5. The summed E-state index contributed by atoms with van der Waals surface area (Å²) < 4.78 is 5.33. The molecular formula is C37H38ClN5O4. The number of benzene rings is 4. The zero-order valence-electron chi connectivity index (χ0n) is 26.3. The van der Waals surface area contributed by atoms with Gasteiger partial charge in [-0.1, -0.05) is 96.5 Å². The summed E-state index contributed by atoms with van der Waals surface area (Å²) in [5.74, 6) is 0.376. The van der Waals surface area contributed by atoms with Crippen molar-refractivity contribution < 1.29 is 19.1 Å². The van der Waals surface area contributed by atoms with E-state index in [2.05, 4.69) is 5.32 Å². The third-order valence-electron chi connectivity index (χ3n) is 8.70. The Bertz CT molecular complexity index is 1670. The van der Waals surface area contributed by atoms with Gasteiger partial charge in [-0.2, -0.15) is 0 Å². The molecule has 0 radical (unpaired) electrons. The normalized spacial score (nSPS) is 18.2. The molecular weight excluding hydrogens is 614 g/mol. The van der Waals surface area contributed by atoms with Crippen molar-refractivity contribution in [3.8, 4) is 5.75 Å². The lowest BCUT2D eigenvalue weighted by molar-refractivity contribution is -0.191. The van der Waals surface area contributed by atoms with Crippen LogP contribution < -0.4 is 10.1 Å². The first-order valence-electron chi connectivity index (χ1n) is 15.8. The molecule has 4 aromatic rings. The maximum absolute atomic E-state index is 14.2. The van der Waals surface area contributed by atoms with Gasteiger partial charge in [0.2, 0.25) is 11.8 Å². The number of hydrogen-bond donors (Lipinski definition) is 1. The maximum atomic E-state index is 14.2. The van der Waals surface area contributed by atoms with Crippen LogP contribution in [0.5, 0.6) is 5.75 Å². The number of carbonyl (C=O) groups is 3. The van der Waals surface area contributed by atoms with Crippen molar-refractivity contribution in [2.45, 2.75) is 38.1 Å². The van der Waals surface area contributed by atoms with E-state index in [1.165, 1.54) is 0 Å².